The average Bonchev–Trinajstić information content (AvgIpc) is 2.89. The molecule has 0 atom stereocenters. The van der Waals surface area contributed by atoms with Crippen molar-refractivity contribution in [1.82, 2.24) is 9.21 Å². The molecule has 1 aliphatic rings. The fraction of sp³-hybridized carbons (Fsp3) is 0.450. The quantitative estimate of drug-likeness (QED) is 0.784. The fourth-order valence-electron chi connectivity index (χ4n) is 3.32. The van der Waals surface area contributed by atoms with Crippen LogP contribution in [0.25, 0.3) is 0 Å². The molecule has 0 saturated carbocycles. The van der Waals surface area contributed by atoms with Crippen molar-refractivity contribution in [2.75, 3.05) is 20.1 Å². The molecule has 3 rings (SSSR count). The summed E-state index contributed by atoms with van der Waals surface area (Å²) in [6.45, 7) is 3.26. The zero-order chi connectivity index (χ0) is 19.4. The molecule has 0 N–H and O–H groups in total. The monoisotopic (exact) mass is 390 g/mol. The van der Waals surface area contributed by atoms with E-state index < -0.39 is 10.0 Å². The molecule has 0 radical (unpaired) electrons. The van der Waals surface area contributed by atoms with E-state index in [1.165, 1.54) is 11.0 Å². The minimum atomic E-state index is -3.58. The smallest absolute Gasteiger partial charge is 0.254 e. The fourth-order valence-corrected chi connectivity index (χ4v) is 4.88. The molecule has 0 spiro atoms. The first-order chi connectivity index (χ1) is 12.9. The largest absolute Gasteiger partial charge is 0.464 e. The summed E-state index contributed by atoms with van der Waals surface area (Å²) >= 11 is 0. The van der Waals surface area contributed by atoms with Crippen molar-refractivity contribution in [2.45, 2.75) is 44.0 Å². The van der Waals surface area contributed by atoms with Crippen LogP contribution in [0.3, 0.4) is 0 Å². The van der Waals surface area contributed by atoms with Gasteiger partial charge in [0.05, 0.1) is 11.4 Å². The minimum Gasteiger partial charge on any atom is -0.464 e. The van der Waals surface area contributed by atoms with Crippen molar-refractivity contribution in [2.24, 2.45) is 0 Å². The Bertz CT molecular complexity index is 896. The molecular formula is C20H26N2O4S. The maximum absolute atomic E-state index is 13.0. The van der Waals surface area contributed by atoms with Crippen LogP contribution in [0.5, 0.6) is 0 Å². The van der Waals surface area contributed by atoms with Crippen LogP contribution in [0.15, 0.2) is 45.7 Å². The Balaban J connectivity index is 1.78. The lowest BCUT2D eigenvalue weighted by molar-refractivity contribution is 0.0774. The van der Waals surface area contributed by atoms with E-state index in [1.807, 2.05) is 19.1 Å². The molecule has 0 aliphatic carbocycles. The van der Waals surface area contributed by atoms with Crippen LogP contribution in [-0.4, -0.2) is 43.7 Å². The maximum Gasteiger partial charge on any atom is 0.254 e. The van der Waals surface area contributed by atoms with E-state index in [9.17, 15) is 13.2 Å². The Morgan fingerprint density at radius 1 is 1.11 bits per heavy atom. The van der Waals surface area contributed by atoms with Crippen molar-refractivity contribution >= 4 is 15.9 Å². The normalized spacial score (nSPS) is 16.1. The first-order valence-electron chi connectivity index (χ1n) is 9.29. The minimum absolute atomic E-state index is 0.178. The van der Waals surface area contributed by atoms with E-state index in [2.05, 4.69) is 0 Å². The van der Waals surface area contributed by atoms with Gasteiger partial charge in [0.15, 0.2) is 0 Å². The van der Waals surface area contributed by atoms with Gasteiger partial charge in [-0.3, -0.25) is 4.79 Å². The number of rotatable bonds is 5. The Hall–Kier alpha value is -2.12. The number of amides is 1. The molecule has 2 heterocycles. The lowest BCUT2D eigenvalue weighted by atomic mass is 10.2. The van der Waals surface area contributed by atoms with Crippen LogP contribution < -0.4 is 0 Å². The van der Waals surface area contributed by atoms with Crippen LogP contribution in [0.1, 0.15) is 47.6 Å². The van der Waals surface area contributed by atoms with Crippen molar-refractivity contribution in [3.05, 3.63) is 53.5 Å². The van der Waals surface area contributed by atoms with E-state index in [1.54, 1.807) is 29.6 Å². The summed E-state index contributed by atoms with van der Waals surface area (Å²) in [5.41, 5.74) is 0.358. The summed E-state index contributed by atoms with van der Waals surface area (Å²) in [5.74, 6) is 1.24. The van der Waals surface area contributed by atoms with Gasteiger partial charge in [0.1, 0.15) is 11.5 Å². The van der Waals surface area contributed by atoms with Crippen LogP contribution in [-0.2, 0) is 16.6 Å². The summed E-state index contributed by atoms with van der Waals surface area (Å²) in [4.78, 5) is 14.4. The van der Waals surface area contributed by atoms with Crippen LogP contribution in [0, 0.1) is 6.92 Å². The zero-order valence-electron chi connectivity index (χ0n) is 15.8. The molecule has 0 bridgehead atoms. The molecular weight excluding hydrogens is 364 g/mol. The second-order valence-corrected chi connectivity index (χ2v) is 8.96. The van der Waals surface area contributed by atoms with Crippen LogP contribution >= 0.6 is 0 Å². The van der Waals surface area contributed by atoms with Crippen molar-refractivity contribution in [1.29, 1.82) is 0 Å². The Morgan fingerprint density at radius 3 is 2.44 bits per heavy atom. The van der Waals surface area contributed by atoms with Gasteiger partial charge in [-0.2, -0.15) is 4.31 Å². The van der Waals surface area contributed by atoms with E-state index in [0.717, 1.165) is 31.4 Å². The molecule has 1 aromatic carbocycles. The van der Waals surface area contributed by atoms with Gasteiger partial charge in [0.25, 0.3) is 5.91 Å². The molecule has 2 aromatic rings. The molecule has 27 heavy (non-hydrogen) atoms. The number of aryl methyl sites for hydroxylation is 1. The van der Waals surface area contributed by atoms with Gasteiger partial charge in [0, 0.05) is 25.7 Å². The molecule has 1 saturated heterocycles. The number of sulfonamides is 1. The third kappa shape index (κ3) is 4.59. The molecule has 7 heteroatoms. The molecule has 146 valence electrons. The summed E-state index contributed by atoms with van der Waals surface area (Å²) < 4.78 is 33.0. The number of hydrogen-bond acceptors (Lipinski definition) is 4. The highest BCUT2D eigenvalue weighted by molar-refractivity contribution is 7.89. The van der Waals surface area contributed by atoms with Gasteiger partial charge >= 0.3 is 0 Å². The molecule has 1 aromatic heterocycles. The number of benzene rings is 1. The number of carbonyl (C=O) groups is 1. The first-order valence-corrected chi connectivity index (χ1v) is 10.7. The predicted molar refractivity (Wildman–Crippen MR) is 103 cm³/mol. The van der Waals surface area contributed by atoms with Crippen molar-refractivity contribution in [3.63, 3.8) is 0 Å². The Labute approximate surface area is 160 Å². The SMILES string of the molecule is Cc1ccc(CN(C)C(=O)c2cccc(S(=O)(=O)N3CCCCCC3)c2)o1. The molecule has 1 aliphatic heterocycles. The highest BCUT2D eigenvalue weighted by Crippen LogP contribution is 2.22. The summed E-state index contributed by atoms with van der Waals surface area (Å²) in [7, 11) is -1.90. The number of furan rings is 1. The number of hydrogen-bond donors (Lipinski definition) is 0. The highest BCUT2D eigenvalue weighted by atomic mass is 32.2. The molecule has 1 amide bonds. The van der Waals surface area contributed by atoms with Gasteiger partial charge in [0.2, 0.25) is 10.0 Å². The summed E-state index contributed by atoms with van der Waals surface area (Å²) in [6.07, 6.45) is 3.87. The molecule has 1 fully saturated rings. The lowest BCUT2D eigenvalue weighted by Crippen LogP contribution is -2.32. The second-order valence-electron chi connectivity index (χ2n) is 7.02. The number of carbonyl (C=O) groups excluding carboxylic acids is 1. The molecule has 0 unspecified atom stereocenters. The van der Waals surface area contributed by atoms with Gasteiger partial charge in [-0.25, -0.2) is 8.42 Å². The maximum atomic E-state index is 13.0. The van der Waals surface area contributed by atoms with E-state index in [4.69, 9.17) is 4.42 Å². The third-order valence-corrected chi connectivity index (χ3v) is 6.71. The highest BCUT2D eigenvalue weighted by Gasteiger charge is 2.26. The van der Waals surface area contributed by atoms with E-state index >= 15 is 0 Å². The summed E-state index contributed by atoms with van der Waals surface area (Å²) in [5, 5.41) is 0. The van der Waals surface area contributed by atoms with Gasteiger partial charge < -0.3 is 9.32 Å². The third-order valence-electron chi connectivity index (χ3n) is 4.82. The number of nitrogens with zero attached hydrogens (tertiary/aromatic N) is 2. The predicted octanol–water partition coefficient (Wildman–Crippen LogP) is 3.42. The van der Waals surface area contributed by atoms with E-state index in [-0.39, 0.29) is 10.8 Å². The van der Waals surface area contributed by atoms with Crippen molar-refractivity contribution < 1.29 is 17.6 Å². The second kappa shape index (κ2) is 8.27. The topological polar surface area (TPSA) is 70.8 Å². The van der Waals surface area contributed by atoms with Crippen LogP contribution in [0.4, 0.5) is 0 Å². The van der Waals surface area contributed by atoms with Gasteiger partial charge in [-0.1, -0.05) is 18.9 Å². The molecule has 6 nitrogen and oxygen atoms in total. The van der Waals surface area contributed by atoms with Crippen LogP contribution in [0.2, 0.25) is 0 Å². The first kappa shape index (κ1) is 19.6. The standard InChI is InChI=1S/C20H26N2O4S/c1-16-10-11-18(26-16)15-21(2)20(23)17-8-7-9-19(14-17)27(24,25)22-12-5-3-4-6-13-22/h7-11,14H,3-6,12-13,15H2,1-2H3. The lowest BCUT2D eigenvalue weighted by Gasteiger charge is -2.21. The Kier molecular flexibility index (Phi) is 6.01. The average molecular weight is 391 g/mol. The Morgan fingerprint density at radius 2 is 1.81 bits per heavy atom. The summed E-state index contributed by atoms with van der Waals surface area (Å²) in [6, 6.07) is 10.00. The van der Waals surface area contributed by atoms with Crippen molar-refractivity contribution in [3.8, 4) is 0 Å². The zero-order valence-corrected chi connectivity index (χ0v) is 16.7. The van der Waals surface area contributed by atoms with Gasteiger partial charge in [-0.05, 0) is 50.1 Å². The van der Waals surface area contributed by atoms with E-state index in [0.29, 0.717) is 31.0 Å². The van der Waals surface area contributed by atoms with Gasteiger partial charge in [-0.15, -0.1) is 0 Å².